The Bertz CT molecular complexity index is 1790. The summed E-state index contributed by atoms with van der Waals surface area (Å²) >= 11 is 1.34. The van der Waals surface area contributed by atoms with E-state index in [1.54, 1.807) is 36.4 Å². The third-order valence-electron chi connectivity index (χ3n) is 7.35. The van der Waals surface area contributed by atoms with E-state index in [2.05, 4.69) is 16.2 Å². The van der Waals surface area contributed by atoms with E-state index < -0.39 is 35.9 Å². The minimum Gasteiger partial charge on any atom is -0.435 e. The quantitative estimate of drug-likeness (QED) is 0.120. The highest BCUT2D eigenvalue weighted by Crippen LogP contribution is 2.44. The summed E-state index contributed by atoms with van der Waals surface area (Å²) in [4.78, 5) is 23.8. The Morgan fingerprint density at radius 3 is 2.51 bits per heavy atom. The molecule has 0 unspecified atom stereocenters. The van der Waals surface area contributed by atoms with E-state index in [0.29, 0.717) is 28.4 Å². The third kappa shape index (κ3) is 7.29. The Morgan fingerprint density at radius 2 is 1.87 bits per heavy atom. The molecular formula is C33H30F2N6O3S. The summed E-state index contributed by atoms with van der Waals surface area (Å²) in [5, 5.41) is 15.8. The fourth-order valence-electron chi connectivity index (χ4n) is 5.01. The first-order valence-electron chi connectivity index (χ1n) is 14.0. The van der Waals surface area contributed by atoms with Crippen LogP contribution in [0.1, 0.15) is 44.9 Å². The number of hydrogen-bond acceptors (Lipinski definition) is 9. The molecule has 0 aliphatic heterocycles. The second kappa shape index (κ2) is 13.9. The first kappa shape index (κ1) is 31.6. The van der Waals surface area contributed by atoms with Gasteiger partial charge in [0.05, 0.1) is 34.4 Å². The molecule has 3 aromatic carbocycles. The molecule has 2 aromatic heterocycles. The molecule has 5 aromatic rings. The molecule has 5 rings (SSSR count). The van der Waals surface area contributed by atoms with Crippen LogP contribution in [0.15, 0.2) is 84.8 Å². The summed E-state index contributed by atoms with van der Waals surface area (Å²) in [6.45, 7) is 1.93. The Hall–Kier alpha value is -4.83. The van der Waals surface area contributed by atoms with Crippen LogP contribution in [-0.4, -0.2) is 51.5 Å². The number of benzene rings is 3. The zero-order chi connectivity index (χ0) is 32.0. The minimum absolute atomic E-state index is 0.0334. The molecule has 2 heterocycles. The second-order valence-electron chi connectivity index (χ2n) is 10.7. The van der Waals surface area contributed by atoms with Crippen LogP contribution in [0.25, 0.3) is 11.3 Å². The maximum Gasteiger partial charge on any atom is 0.340 e. The van der Waals surface area contributed by atoms with Crippen molar-refractivity contribution in [3.05, 3.63) is 124 Å². The van der Waals surface area contributed by atoms with Crippen LogP contribution in [-0.2, 0) is 28.2 Å². The molecule has 0 saturated carbocycles. The van der Waals surface area contributed by atoms with Gasteiger partial charge in [-0.15, -0.1) is 11.3 Å². The van der Waals surface area contributed by atoms with Gasteiger partial charge < -0.3 is 14.4 Å². The van der Waals surface area contributed by atoms with E-state index in [0.717, 1.165) is 23.3 Å². The van der Waals surface area contributed by atoms with Gasteiger partial charge in [-0.3, -0.25) is 0 Å². The molecule has 0 N–H and O–H groups in total. The molecule has 0 amide bonds. The number of carbonyl (C=O) groups is 1. The van der Waals surface area contributed by atoms with Crippen molar-refractivity contribution >= 4 is 17.3 Å². The summed E-state index contributed by atoms with van der Waals surface area (Å²) in [5.41, 5.74) is 1.80. The topological polar surface area (TPSA) is 106 Å². The number of aromatic nitrogens is 4. The van der Waals surface area contributed by atoms with E-state index in [-0.39, 0.29) is 12.1 Å². The summed E-state index contributed by atoms with van der Waals surface area (Å²) in [6.07, 6.45) is 2.79. The predicted octanol–water partition coefficient (Wildman–Crippen LogP) is 6.14. The van der Waals surface area contributed by atoms with Crippen LogP contribution in [0.2, 0.25) is 0 Å². The first-order valence-corrected chi connectivity index (χ1v) is 14.8. The molecule has 0 aliphatic carbocycles. The average Bonchev–Trinajstić information content (AvgIpc) is 3.73. The van der Waals surface area contributed by atoms with Crippen molar-refractivity contribution < 1.29 is 23.0 Å². The lowest BCUT2D eigenvalue weighted by Gasteiger charge is -2.38. The van der Waals surface area contributed by atoms with Crippen LogP contribution in [0, 0.1) is 23.0 Å². The summed E-state index contributed by atoms with van der Waals surface area (Å²) in [7, 11) is 3.91. The number of nitrogens with zero attached hydrogens (tertiary/aromatic N) is 6. The van der Waals surface area contributed by atoms with Crippen molar-refractivity contribution in [1.82, 2.24) is 24.6 Å². The number of thiazole rings is 1. The predicted molar refractivity (Wildman–Crippen MR) is 164 cm³/mol. The molecule has 2 atom stereocenters. The fraction of sp³-hybridized carbons (Fsp3) is 0.242. The molecule has 0 bridgehead atoms. The minimum atomic E-state index is -1.57. The van der Waals surface area contributed by atoms with Gasteiger partial charge in [0.2, 0.25) is 0 Å². The molecule has 0 fully saturated rings. The molecular weight excluding hydrogens is 598 g/mol. The van der Waals surface area contributed by atoms with Gasteiger partial charge in [-0.05, 0) is 50.0 Å². The zero-order valence-corrected chi connectivity index (χ0v) is 25.7. The maximum absolute atomic E-state index is 15.7. The Kier molecular flexibility index (Phi) is 9.73. The first-order chi connectivity index (χ1) is 21.7. The summed E-state index contributed by atoms with van der Waals surface area (Å²) in [6, 6.07) is 19.4. The van der Waals surface area contributed by atoms with Crippen molar-refractivity contribution in [1.29, 1.82) is 5.26 Å². The number of nitriles is 1. The van der Waals surface area contributed by atoms with Crippen LogP contribution < -0.4 is 0 Å². The number of ether oxygens (including phenoxy) is 2. The van der Waals surface area contributed by atoms with Crippen molar-refractivity contribution in [2.24, 2.45) is 0 Å². The molecule has 12 heteroatoms. The highest BCUT2D eigenvalue weighted by molar-refractivity contribution is 7.10. The third-order valence-corrected chi connectivity index (χ3v) is 8.37. The molecule has 9 nitrogen and oxygen atoms in total. The molecule has 0 saturated heterocycles. The van der Waals surface area contributed by atoms with E-state index >= 15 is 4.39 Å². The number of hydrogen-bond donors (Lipinski definition) is 0. The van der Waals surface area contributed by atoms with Crippen molar-refractivity contribution in [3.63, 3.8) is 0 Å². The van der Waals surface area contributed by atoms with E-state index in [4.69, 9.17) is 19.7 Å². The summed E-state index contributed by atoms with van der Waals surface area (Å²) < 4.78 is 43.1. The zero-order valence-electron chi connectivity index (χ0n) is 24.9. The van der Waals surface area contributed by atoms with Crippen LogP contribution in [0.5, 0.6) is 0 Å². The number of esters is 1. The highest BCUT2D eigenvalue weighted by atomic mass is 32.1. The largest absolute Gasteiger partial charge is 0.435 e. The molecule has 0 spiro atoms. The number of rotatable bonds is 12. The van der Waals surface area contributed by atoms with E-state index in [1.165, 1.54) is 34.7 Å². The van der Waals surface area contributed by atoms with Gasteiger partial charge in [0.1, 0.15) is 29.9 Å². The van der Waals surface area contributed by atoms with Gasteiger partial charge in [0, 0.05) is 35.0 Å². The highest BCUT2D eigenvalue weighted by Gasteiger charge is 2.45. The van der Waals surface area contributed by atoms with Gasteiger partial charge in [0.25, 0.3) is 0 Å². The average molecular weight is 629 g/mol. The van der Waals surface area contributed by atoms with Gasteiger partial charge in [-0.2, -0.15) is 10.4 Å². The van der Waals surface area contributed by atoms with E-state index in [1.807, 2.05) is 43.4 Å². The van der Waals surface area contributed by atoms with Gasteiger partial charge in [-0.25, -0.2) is 28.2 Å². The second-order valence-corrected chi connectivity index (χ2v) is 11.6. The molecule has 230 valence electrons. The lowest BCUT2D eigenvalue weighted by atomic mass is 9.81. The Balaban J connectivity index is 1.48. The molecule has 0 radical (unpaired) electrons. The van der Waals surface area contributed by atoms with Crippen LogP contribution >= 0.6 is 11.3 Å². The lowest BCUT2D eigenvalue weighted by Crippen LogP contribution is -2.42. The lowest BCUT2D eigenvalue weighted by molar-refractivity contribution is -0.148. The standard InChI is InChI=1S/C33H30F2N6O3S/c1-22(31-39-30(17-45-31)25-8-4-23(15-36)5-9-25)33(18-41-20-37-19-38-41,28-13-12-27(34)14-29(28)35)44-21-43-32(42)26-10-6-24(7-11-26)16-40(2)3/h4-14,17,19-20,22H,16,18,21H2,1-3H3/t22-,33+/m0/s1. The van der Waals surface area contributed by atoms with Gasteiger partial charge >= 0.3 is 5.97 Å². The molecule has 45 heavy (non-hydrogen) atoms. The van der Waals surface area contributed by atoms with Crippen molar-refractivity contribution in [2.75, 3.05) is 20.9 Å². The number of carbonyl (C=O) groups excluding carboxylic acids is 1. The van der Waals surface area contributed by atoms with Crippen molar-refractivity contribution in [3.8, 4) is 17.3 Å². The van der Waals surface area contributed by atoms with Gasteiger partial charge in [0.15, 0.2) is 6.79 Å². The smallest absolute Gasteiger partial charge is 0.340 e. The van der Waals surface area contributed by atoms with E-state index in [9.17, 15) is 9.18 Å². The maximum atomic E-state index is 15.7. The molecule has 0 aliphatic rings. The van der Waals surface area contributed by atoms with Gasteiger partial charge in [-0.1, -0.05) is 37.3 Å². The fourth-order valence-corrected chi connectivity index (χ4v) is 5.98. The Labute approximate surface area is 263 Å². The SMILES string of the molecule is C[C@@H](c1nc(-c2ccc(C#N)cc2)cs1)[C@@](Cn1cncn1)(OCOC(=O)c1ccc(CN(C)C)cc1)c1ccc(F)cc1F. The van der Waals surface area contributed by atoms with Crippen LogP contribution in [0.4, 0.5) is 8.78 Å². The summed E-state index contributed by atoms with van der Waals surface area (Å²) in [5.74, 6) is -2.86. The normalized spacial score (nSPS) is 13.3. The van der Waals surface area contributed by atoms with Crippen LogP contribution in [0.3, 0.4) is 0 Å². The number of halogens is 2. The van der Waals surface area contributed by atoms with Crippen molar-refractivity contribution in [2.45, 2.75) is 31.5 Å². The monoisotopic (exact) mass is 628 g/mol. The Morgan fingerprint density at radius 1 is 1.11 bits per heavy atom.